The molecule has 1 amide bonds. The molecule has 0 saturated heterocycles. The predicted octanol–water partition coefficient (Wildman–Crippen LogP) is 2.88. The van der Waals surface area contributed by atoms with E-state index >= 15 is 0 Å². The lowest BCUT2D eigenvalue weighted by atomic mass is 10.1. The van der Waals surface area contributed by atoms with Crippen LogP contribution < -0.4 is 10.1 Å². The third-order valence-electron chi connectivity index (χ3n) is 3.59. The molecule has 3 aromatic rings. The molecule has 0 aliphatic heterocycles. The Morgan fingerprint density at radius 2 is 2.26 bits per heavy atom. The molecule has 2 heterocycles. The van der Waals surface area contributed by atoms with Crippen molar-refractivity contribution in [2.75, 3.05) is 32.6 Å². The summed E-state index contributed by atoms with van der Waals surface area (Å²) in [7, 11) is 3.92. The van der Waals surface area contributed by atoms with Crippen molar-refractivity contribution in [1.29, 1.82) is 0 Å². The van der Waals surface area contributed by atoms with Crippen LogP contribution in [0.25, 0.3) is 21.8 Å². The van der Waals surface area contributed by atoms with Gasteiger partial charge in [0.1, 0.15) is 12.3 Å². The molecule has 120 valence electrons. The van der Waals surface area contributed by atoms with E-state index in [9.17, 15) is 4.79 Å². The summed E-state index contributed by atoms with van der Waals surface area (Å²) in [6.07, 6.45) is 4.08. The van der Waals surface area contributed by atoms with Crippen LogP contribution in [-0.4, -0.2) is 48.5 Å². The fourth-order valence-electron chi connectivity index (χ4n) is 2.51. The number of likely N-dealkylation sites (N-methyl/N-ethyl adjacent to an activating group) is 1. The number of benzene rings is 1. The number of rotatable bonds is 6. The first-order chi connectivity index (χ1) is 11.1. The van der Waals surface area contributed by atoms with Crippen LogP contribution in [0.4, 0.5) is 5.69 Å². The predicted molar refractivity (Wildman–Crippen MR) is 92.3 cm³/mol. The van der Waals surface area contributed by atoms with Gasteiger partial charge >= 0.3 is 0 Å². The van der Waals surface area contributed by atoms with Gasteiger partial charge in [-0.25, -0.2) is 0 Å². The second-order valence-electron chi connectivity index (χ2n) is 5.45. The molecule has 0 bridgehead atoms. The van der Waals surface area contributed by atoms with Gasteiger partial charge in [0.2, 0.25) is 6.41 Å². The SMILES string of the molecule is CN(C)CCOc1c(Cl)cc2c([nH]c3cnccc32)c1NC=O. The lowest BCUT2D eigenvalue weighted by Gasteiger charge is -2.15. The molecule has 0 saturated carbocycles. The van der Waals surface area contributed by atoms with E-state index in [1.54, 1.807) is 12.4 Å². The zero-order chi connectivity index (χ0) is 16.4. The number of hydrogen-bond acceptors (Lipinski definition) is 4. The number of carbonyl (C=O) groups is 1. The van der Waals surface area contributed by atoms with E-state index in [4.69, 9.17) is 16.3 Å². The normalized spacial score (nSPS) is 11.3. The summed E-state index contributed by atoms with van der Waals surface area (Å²) in [4.78, 5) is 20.4. The lowest BCUT2D eigenvalue weighted by molar-refractivity contribution is -0.105. The summed E-state index contributed by atoms with van der Waals surface area (Å²) in [6.45, 7) is 1.21. The standard InChI is InChI=1S/C16H17ClN4O2/c1-21(2)5-6-23-16-12(17)7-11-10-3-4-18-8-13(10)20-14(11)15(16)19-9-22/h3-4,7-9,20H,5-6H2,1-2H3,(H,19,22). The monoisotopic (exact) mass is 332 g/mol. The van der Waals surface area contributed by atoms with E-state index < -0.39 is 0 Å². The van der Waals surface area contributed by atoms with Crippen LogP contribution in [0.1, 0.15) is 0 Å². The fraction of sp³-hybridized carbons (Fsp3) is 0.250. The molecule has 7 heteroatoms. The van der Waals surface area contributed by atoms with Gasteiger partial charge in [0.15, 0.2) is 5.75 Å². The van der Waals surface area contributed by atoms with Gasteiger partial charge in [-0.05, 0) is 26.2 Å². The van der Waals surface area contributed by atoms with E-state index in [1.165, 1.54) is 0 Å². The lowest BCUT2D eigenvalue weighted by Crippen LogP contribution is -2.19. The first kappa shape index (κ1) is 15.6. The van der Waals surface area contributed by atoms with Gasteiger partial charge in [-0.2, -0.15) is 0 Å². The van der Waals surface area contributed by atoms with Gasteiger partial charge in [-0.3, -0.25) is 9.78 Å². The van der Waals surface area contributed by atoms with Crippen molar-refractivity contribution in [2.45, 2.75) is 0 Å². The molecular formula is C16H17ClN4O2. The average molecular weight is 333 g/mol. The average Bonchev–Trinajstić information content (AvgIpc) is 2.88. The highest BCUT2D eigenvalue weighted by molar-refractivity contribution is 6.34. The third kappa shape index (κ3) is 2.95. The molecule has 1 aromatic carbocycles. The van der Waals surface area contributed by atoms with Gasteiger partial charge in [-0.15, -0.1) is 0 Å². The molecule has 0 atom stereocenters. The Hall–Kier alpha value is -2.31. The maximum absolute atomic E-state index is 11.0. The van der Waals surface area contributed by atoms with Gasteiger partial charge in [0.25, 0.3) is 0 Å². The van der Waals surface area contributed by atoms with Crippen molar-refractivity contribution in [1.82, 2.24) is 14.9 Å². The number of amides is 1. The Kier molecular flexibility index (Phi) is 4.36. The van der Waals surface area contributed by atoms with E-state index in [-0.39, 0.29) is 0 Å². The van der Waals surface area contributed by atoms with Crippen LogP contribution in [-0.2, 0) is 4.79 Å². The van der Waals surface area contributed by atoms with Crippen LogP contribution >= 0.6 is 11.6 Å². The van der Waals surface area contributed by atoms with E-state index in [0.717, 1.165) is 28.4 Å². The molecule has 2 N–H and O–H groups in total. The molecule has 23 heavy (non-hydrogen) atoms. The minimum absolute atomic E-state index is 0.457. The largest absolute Gasteiger partial charge is 0.488 e. The number of nitrogens with zero attached hydrogens (tertiary/aromatic N) is 2. The quantitative estimate of drug-likeness (QED) is 0.681. The Bertz CT molecular complexity index is 860. The number of hydrogen-bond donors (Lipinski definition) is 2. The summed E-state index contributed by atoms with van der Waals surface area (Å²) in [5.41, 5.74) is 2.18. The smallest absolute Gasteiger partial charge is 0.211 e. The van der Waals surface area contributed by atoms with E-state index in [0.29, 0.717) is 29.5 Å². The molecule has 0 aliphatic rings. The van der Waals surface area contributed by atoms with Gasteiger partial charge in [-0.1, -0.05) is 11.6 Å². The molecule has 2 aromatic heterocycles. The van der Waals surface area contributed by atoms with Crippen LogP contribution in [0.3, 0.4) is 0 Å². The Balaban J connectivity index is 2.15. The molecule has 0 radical (unpaired) electrons. The molecule has 3 rings (SSSR count). The van der Waals surface area contributed by atoms with E-state index in [1.807, 2.05) is 31.1 Å². The second-order valence-corrected chi connectivity index (χ2v) is 5.85. The Labute approximate surface area is 138 Å². The second kappa shape index (κ2) is 6.44. The third-order valence-corrected chi connectivity index (χ3v) is 3.87. The van der Waals surface area contributed by atoms with Crippen LogP contribution in [0.15, 0.2) is 24.5 Å². The topological polar surface area (TPSA) is 70.2 Å². The minimum atomic E-state index is 0.457. The van der Waals surface area contributed by atoms with Crippen molar-refractivity contribution in [3.8, 4) is 5.75 Å². The maximum atomic E-state index is 11.0. The van der Waals surface area contributed by atoms with Crippen LogP contribution in [0.2, 0.25) is 5.02 Å². The van der Waals surface area contributed by atoms with Crippen molar-refractivity contribution in [3.05, 3.63) is 29.5 Å². The number of aromatic amines is 1. The first-order valence-corrected chi connectivity index (χ1v) is 7.55. The Morgan fingerprint density at radius 1 is 1.43 bits per heavy atom. The summed E-state index contributed by atoms with van der Waals surface area (Å²) < 4.78 is 5.80. The molecule has 0 spiro atoms. The van der Waals surface area contributed by atoms with Crippen molar-refractivity contribution >= 4 is 45.5 Å². The molecule has 6 nitrogen and oxygen atoms in total. The summed E-state index contributed by atoms with van der Waals surface area (Å²) in [6, 6.07) is 3.75. The molecule has 0 fully saturated rings. The van der Waals surface area contributed by atoms with Gasteiger partial charge < -0.3 is 19.9 Å². The van der Waals surface area contributed by atoms with Crippen molar-refractivity contribution in [3.63, 3.8) is 0 Å². The van der Waals surface area contributed by atoms with E-state index in [2.05, 4.69) is 15.3 Å². The molecule has 0 unspecified atom stereocenters. The highest BCUT2D eigenvalue weighted by Crippen LogP contribution is 2.41. The number of carbonyl (C=O) groups excluding carboxylic acids is 1. The highest BCUT2D eigenvalue weighted by atomic mass is 35.5. The first-order valence-electron chi connectivity index (χ1n) is 7.17. The molecular weight excluding hydrogens is 316 g/mol. The number of aromatic nitrogens is 2. The zero-order valence-electron chi connectivity index (χ0n) is 12.9. The summed E-state index contributed by atoms with van der Waals surface area (Å²) in [5.74, 6) is 0.465. The van der Waals surface area contributed by atoms with Crippen molar-refractivity contribution < 1.29 is 9.53 Å². The van der Waals surface area contributed by atoms with Gasteiger partial charge in [0, 0.05) is 23.5 Å². The van der Waals surface area contributed by atoms with Crippen LogP contribution in [0, 0.1) is 0 Å². The number of anilines is 1. The van der Waals surface area contributed by atoms with Crippen LogP contribution in [0.5, 0.6) is 5.75 Å². The summed E-state index contributed by atoms with van der Waals surface area (Å²) >= 11 is 6.39. The zero-order valence-corrected chi connectivity index (χ0v) is 13.6. The fourth-order valence-corrected chi connectivity index (χ4v) is 2.76. The number of ether oxygens (including phenoxy) is 1. The minimum Gasteiger partial charge on any atom is -0.488 e. The molecule has 0 aliphatic carbocycles. The van der Waals surface area contributed by atoms with Gasteiger partial charge in [0.05, 0.1) is 22.3 Å². The number of fused-ring (bicyclic) bond motifs is 3. The summed E-state index contributed by atoms with van der Waals surface area (Å²) in [5, 5.41) is 5.07. The Morgan fingerprint density at radius 3 is 3.00 bits per heavy atom. The maximum Gasteiger partial charge on any atom is 0.211 e. The number of nitrogens with one attached hydrogen (secondary N) is 2. The van der Waals surface area contributed by atoms with Crippen molar-refractivity contribution in [2.24, 2.45) is 0 Å². The highest BCUT2D eigenvalue weighted by Gasteiger charge is 2.17. The number of H-pyrrole nitrogens is 1. The number of halogens is 1. The number of pyridine rings is 1.